The number of hydrogen-bond donors (Lipinski definition) is 1. The molecule has 0 bridgehead atoms. The van der Waals surface area contributed by atoms with Crippen LogP contribution in [-0.2, 0) is 19.5 Å². The minimum atomic E-state index is 0. The number of aliphatic imine (C=N–C) groups is 1. The van der Waals surface area contributed by atoms with E-state index in [1.807, 2.05) is 12.1 Å². The van der Waals surface area contributed by atoms with E-state index >= 15 is 0 Å². The SMILES string of the molecule is CCNC(=NCc1nnc2n1CCCCC2)N1CCC(c2ccc(OC)cc2)C1.I. The summed E-state index contributed by atoms with van der Waals surface area (Å²) in [5, 5.41) is 12.3. The Hall–Kier alpha value is -1.84. The largest absolute Gasteiger partial charge is 0.497 e. The average molecular weight is 524 g/mol. The predicted molar refractivity (Wildman–Crippen MR) is 130 cm³/mol. The number of benzene rings is 1. The van der Waals surface area contributed by atoms with Gasteiger partial charge in [-0.2, -0.15) is 0 Å². The molecule has 0 aliphatic carbocycles. The van der Waals surface area contributed by atoms with Crippen LogP contribution in [0.4, 0.5) is 0 Å². The summed E-state index contributed by atoms with van der Waals surface area (Å²) >= 11 is 0. The molecular weight excluding hydrogens is 491 g/mol. The first-order valence-electron chi connectivity index (χ1n) is 10.9. The van der Waals surface area contributed by atoms with E-state index in [0.717, 1.165) is 62.4 Å². The Morgan fingerprint density at radius 3 is 2.77 bits per heavy atom. The molecule has 1 aromatic heterocycles. The maximum Gasteiger partial charge on any atom is 0.194 e. The van der Waals surface area contributed by atoms with Crippen molar-refractivity contribution >= 4 is 29.9 Å². The summed E-state index contributed by atoms with van der Waals surface area (Å²) in [5.41, 5.74) is 1.37. The van der Waals surface area contributed by atoms with Gasteiger partial charge in [-0.15, -0.1) is 34.2 Å². The number of fused-ring (bicyclic) bond motifs is 1. The zero-order chi connectivity index (χ0) is 20.1. The van der Waals surface area contributed by atoms with E-state index in [1.165, 1.54) is 24.8 Å². The zero-order valence-electron chi connectivity index (χ0n) is 18.0. The lowest BCUT2D eigenvalue weighted by Crippen LogP contribution is -2.40. The van der Waals surface area contributed by atoms with Gasteiger partial charge < -0.3 is 19.5 Å². The van der Waals surface area contributed by atoms with Gasteiger partial charge in [0, 0.05) is 38.5 Å². The number of nitrogens with zero attached hydrogens (tertiary/aromatic N) is 5. The highest BCUT2D eigenvalue weighted by Gasteiger charge is 2.26. The molecule has 1 aromatic carbocycles. The Balaban J connectivity index is 0.00000256. The van der Waals surface area contributed by atoms with Gasteiger partial charge in [0.05, 0.1) is 7.11 Å². The normalized spacial score (nSPS) is 19.1. The third-order valence-corrected chi connectivity index (χ3v) is 5.97. The van der Waals surface area contributed by atoms with Crippen LogP contribution < -0.4 is 10.1 Å². The molecule has 7 nitrogen and oxygen atoms in total. The number of aromatic nitrogens is 3. The van der Waals surface area contributed by atoms with Crippen LogP contribution in [0.15, 0.2) is 29.3 Å². The lowest BCUT2D eigenvalue weighted by molar-refractivity contribution is 0.414. The van der Waals surface area contributed by atoms with E-state index in [-0.39, 0.29) is 24.0 Å². The Morgan fingerprint density at radius 2 is 2.00 bits per heavy atom. The summed E-state index contributed by atoms with van der Waals surface area (Å²) in [6, 6.07) is 8.47. The molecule has 4 rings (SSSR count). The van der Waals surface area contributed by atoms with Crippen molar-refractivity contribution in [2.45, 2.75) is 58.0 Å². The van der Waals surface area contributed by atoms with E-state index < -0.39 is 0 Å². The molecule has 30 heavy (non-hydrogen) atoms. The van der Waals surface area contributed by atoms with Crippen molar-refractivity contribution in [3.05, 3.63) is 41.5 Å². The maximum absolute atomic E-state index is 5.29. The van der Waals surface area contributed by atoms with Gasteiger partial charge in [0.2, 0.25) is 0 Å². The first kappa shape index (κ1) is 22.8. The summed E-state index contributed by atoms with van der Waals surface area (Å²) < 4.78 is 7.57. The van der Waals surface area contributed by atoms with Crippen LogP contribution in [0, 0.1) is 0 Å². The molecule has 0 spiro atoms. The molecule has 0 radical (unpaired) electrons. The highest BCUT2D eigenvalue weighted by atomic mass is 127. The number of ether oxygens (including phenoxy) is 1. The number of guanidine groups is 1. The molecule has 8 heteroatoms. The highest BCUT2D eigenvalue weighted by molar-refractivity contribution is 14.0. The van der Waals surface area contributed by atoms with Crippen LogP contribution in [0.5, 0.6) is 5.75 Å². The van der Waals surface area contributed by atoms with E-state index in [0.29, 0.717) is 12.5 Å². The monoisotopic (exact) mass is 524 g/mol. The van der Waals surface area contributed by atoms with Gasteiger partial charge in [0.25, 0.3) is 0 Å². The van der Waals surface area contributed by atoms with Crippen molar-refractivity contribution in [2.75, 3.05) is 26.7 Å². The number of rotatable bonds is 5. The zero-order valence-corrected chi connectivity index (χ0v) is 20.3. The molecule has 164 valence electrons. The van der Waals surface area contributed by atoms with Crippen molar-refractivity contribution in [1.29, 1.82) is 0 Å². The number of methoxy groups -OCH3 is 1. The van der Waals surface area contributed by atoms with E-state index in [1.54, 1.807) is 7.11 Å². The molecule has 2 aliphatic rings. The van der Waals surface area contributed by atoms with Crippen LogP contribution in [0.25, 0.3) is 0 Å². The molecular formula is C22H33IN6O. The van der Waals surface area contributed by atoms with E-state index in [2.05, 4.69) is 44.0 Å². The second-order valence-corrected chi connectivity index (χ2v) is 7.87. The Kier molecular flexibility index (Phi) is 8.35. The van der Waals surface area contributed by atoms with Crippen molar-refractivity contribution in [3.8, 4) is 5.75 Å². The molecule has 0 saturated carbocycles. The van der Waals surface area contributed by atoms with Crippen LogP contribution in [-0.4, -0.2) is 52.4 Å². The predicted octanol–water partition coefficient (Wildman–Crippen LogP) is 3.59. The summed E-state index contributed by atoms with van der Waals surface area (Å²) in [6.45, 7) is 6.58. The quantitative estimate of drug-likeness (QED) is 0.368. The second kappa shape index (κ2) is 11.0. The first-order chi connectivity index (χ1) is 14.3. The van der Waals surface area contributed by atoms with Crippen LogP contribution in [0.2, 0.25) is 0 Å². The number of aryl methyl sites for hydroxylation is 1. The fraction of sp³-hybridized carbons (Fsp3) is 0.591. The molecule has 1 unspecified atom stereocenters. The number of nitrogens with one attached hydrogen (secondary N) is 1. The van der Waals surface area contributed by atoms with E-state index in [4.69, 9.17) is 9.73 Å². The van der Waals surface area contributed by atoms with Gasteiger partial charge in [-0.1, -0.05) is 18.6 Å². The molecule has 0 amide bonds. The van der Waals surface area contributed by atoms with Gasteiger partial charge in [0.15, 0.2) is 11.8 Å². The first-order valence-corrected chi connectivity index (χ1v) is 10.9. The van der Waals surface area contributed by atoms with E-state index in [9.17, 15) is 0 Å². The molecule has 1 saturated heterocycles. The molecule has 3 heterocycles. The molecule has 2 aromatic rings. The van der Waals surface area contributed by atoms with Gasteiger partial charge in [-0.25, -0.2) is 4.99 Å². The van der Waals surface area contributed by atoms with Crippen LogP contribution in [0.3, 0.4) is 0 Å². The molecule has 1 N–H and O–H groups in total. The summed E-state index contributed by atoms with van der Waals surface area (Å²) in [6.07, 6.45) is 5.86. The third-order valence-electron chi connectivity index (χ3n) is 5.97. The molecule has 1 fully saturated rings. The van der Waals surface area contributed by atoms with Crippen molar-refractivity contribution < 1.29 is 4.74 Å². The molecule has 1 atom stereocenters. The van der Waals surface area contributed by atoms with Gasteiger partial charge in [0.1, 0.15) is 18.1 Å². The smallest absolute Gasteiger partial charge is 0.194 e. The number of likely N-dealkylation sites (tertiary alicyclic amines) is 1. The van der Waals surface area contributed by atoms with Crippen LogP contribution in [0.1, 0.15) is 55.7 Å². The van der Waals surface area contributed by atoms with Crippen molar-refractivity contribution in [1.82, 2.24) is 25.0 Å². The topological polar surface area (TPSA) is 67.6 Å². The maximum atomic E-state index is 5.29. The average Bonchev–Trinajstić information content (AvgIpc) is 3.32. The lowest BCUT2D eigenvalue weighted by atomic mass is 9.98. The standard InChI is InChI=1S/C22H32N6O.HI/c1-3-23-22(24-15-21-26-25-20-7-5-4-6-13-28(20)21)27-14-12-18(16-27)17-8-10-19(29-2)11-9-17;/h8-11,18H,3-7,12-16H2,1-2H3,(H,23,24);1H. The molecule has 2 aliphatic heterocycles. The fourth-order valence-corrected chi connectivity index (χ4v) is 4.33. The summed E-state index contributed by atoms with van der Waals surface area (Å²) in [5.74, 6) is 4.52. The van der Waals surface area contributed by atoms with Crippen molar-refractivity contribution in [3.63, 3.8) is 0 Å². The third kappa shape index (κ3) is 5.25. The number of hydrogen-bond acceptors (Lipinski definition) is 4. The minimum absolute atomic E-state index is 0. The highest BCUT2D eigenvalue weighted by Crippen LogP contribution is 2.28. The van der Waals surface area contributed by atoms with Crippen molar-refractivity contribution in [2.24, 2.45) is 4.99 Å². The fourth-order valence-electron chi connectivity index (χ4n) is 4.33. The second-order valence-electron chi connectivity index (χ2n) is 7.87. The minimum Gasteiger partial charge on any atom is -0.497 e. The van der Waals surface area contributed by atoms with Crippen LogP contribution >= 0.6 is 24.0 Å². The number of halogens is 1. The Bertz CT molecular complexity index is 835. The summed E-state index contributed by atoms with van der Waals surface area (Å²) in [7, 11) is 1.71. The Morgan fingerprint density at radius 1 is 1.17 bits per heavy atom. The van der Waals surface area contributed by atoms with Gasteiger partial charge in [-0.3, -0.25) is 0 Å². The van der Waals surface area contributed by atoms with Gasteiger partial charge >= 0.3 is 0 Å². The summed E-state index contributed by atoms with van der Waals surface area (Å²) in [4.78, 5) is 7.29. The lowest BCUT2D eigenvalue weighted by Gasteiger charge is -2.22. The Labute approximate surface area is 196 Å². The van der Waals surface area contributed by atoms with Gasteiger partial charge in [-0.05, 0) is 43.9 Å².